The lowest BCUT2D eigenvalue weighted by atomic mass is 10.0. The van der Waals surface area contributed by atoms with Gasteiger partial charge in [0.1, 0.15) is 63.2 Å². The van der Waals surface area contributed by atoms with Crippen molar-refractivity contribution in [1.29, 1.82) is 0 Å². The maximum Gasteiger partial charge on any atom is 0.411 e. The summed E-state index contributed by atoms with van der Waals surface area (Å²) in [5.74, 6) is -1.60. The summed E-state index contributed by atoms with van der Waals surface area (Å²) in [6.07, 6.45) is 1.14. The first-order valence-electron chi connectivity index (χ1n) is 22.3. The van der Waals surface area contributed by atoms with Gasteiger partial charge in [0.05, 0.1) is 35.7 Å². The van der Waals surface area contributed by atoms with E-state index in [4.69, 9.17) is 40.5 Å². The molecule has 17 nitrogen and oxygen atoms in total. The zero-order valence-corrected chi connectivity index (χ0v) is 40.0. The molecule has 4 amide bonds. The second-order valence-corrected chi connectivity index (χ2v) is 22.0. The smallest absolute Gasteiger partial charge is 0.411 e. The molecule has 5 heterocycles. The van der Waals surface area contributed by atoms with Crippen LogP contribution in [0.1, 0.15) is 85.3 Å². The SMILES string of the molecule is C=C[C@@H]1C[C@]1(NC(=O)[C@@H]1C[C@@H](Oc2cc(-c3nc(C(C)C)cs3)nc3c(Cl)c(OCCN4CCOCC4)ccc23)[C@H]2CN(C(=O)OC(C)(C)C)[C@H](CC)C(=O)N21)C(=O)NS(=O)(=O)C1CC1. The molecule has 65 heavy (non-hydrogen) atoms. The number of pyridine rings is 1. The van der Waals surface area contributed by atoms with Gasteiger partial charge >= 0.3 is 6.09 Å². The van der Waals surface area contributed by atoms with Gasteiger partial charge in [0, 0.05) is 55.4 Å². The number of thiazole rings is 1. The Bertz CT molecular complexity index is 2470. The Hall–Kier alpha value is -4.56. The molecule has 1 aromatic carbocycles. The fraction of sp³-hybridized carbons (Fsp3) is 0.600. The Morgan fingerprint density at radius 1 is 1.14 bits per heavy atom. The van der Waals surface area contributed by atoms with Crippen molar-refractivity contribution >= 4 is 67.7 Å². The number of fused-ring (bicyclic) bond motifs is 2. The molecule has 3 aliphatic heterocycles. The van der Waals surface area contributed by atoms with Crippen LogP contribution in [0.4, 0.5) is 4.79 Å². The fourth-order valence-corrected chi connectivity index (χ4v) is 11.4. The van der Waals surface area contributed by atoms with Gasteiger partial charge in [-0.15, -0.1) is 17.9 Å². The number of amides is 4. The van der Waals surface area contributed by atoms with Gasteiger partial charge in [0.15, 0.2) is 0 Å². The summed E-state index contributed by atoms with van der Waals surface area (Å²) in [5.41, 5.74) is -0.675. The number of nitrogens with one attached hydrogen (secondary N) is 2. The summed E-state index contributed by atoms with van der Waals surface area (Å²) in [4.78, 5) is 71.9. The molecule has 2 saturated carbocycles. The molecule has 3 aromatic rings. The number of carbonyl (C=O) groups is 4. The van der Waals surface area contributed by atoms with Gasteiger partial charge in [-0.3, -0.25) is 28.9 Å². The van der Waals surface area contributed by atoms with Gasteiger partial charge < -0.3 is 29.2 Å². The van der Waals surface area contributed by atoms with E-state index in [2.05, 4.69) is 35.4 Å². The number of nitrogens with zero attached hydrogens (tertiary/aromatic N) is 5. The van der Waals surface area contributed by atoms with E-state index >= 15 is 0 Å². The second-order valence-electron chi connectivity index (χ2n) is 18.8. The number of carbonyl (C=O) groups excluding carboxylic acids is 4. The molecular weight excluding hydrogens is 898 g/mol. The first-order valence-corrected chi connectivity index (χ1v) is 25.2. The normalized spacial score (nSPS) is 25.9. The number of piperazine rings is 1. The topological polar surface area (TPSA) is 199 Å². The van der Waals surface area contributed by atoms with Crippen LogP contribution in [-0.4, -0.2) is 144 Å². The Morgan fingerprint density at radius 3 is 2.51 bits per heavy atom. The first kappa shape index (κ1) is 47.0. The van der Waals surface area contributed by atoms with Gasteiger partial charge in [0.2, 0.25) is 21.8 Å². The van der Waals surface area contributed by atoms with E-state index in [1.807, 2.05) is 11.4 Å². The summed E-state index contributed by atoms with van der Waals surface area (Å²) in [5, 5.41) is 5.60. The van der Waals surface area contributed by atoms with Crippen molar-refractivity contribution in [3.63, 3.8) is 0 Å². The zero-order valence-electron chi connectivity index (χ0n) is 37.6. The first-order chi connectivity index (χ1) is 30.8. The van der Waals surface area contributed by atoms with Crippen LogP contribution in [0.15, 0.2) is 36.2 Å². The summed E-state index contributed by atoms with van der Waals surface area (Å²) < 4.78 is 52.4. The number of hydrogen-bond acceptors (Lipinski definition) is 14. The van der Waals surface area contributed by atoms with Gasteiger partial charge in [0.25, 0.3) is 5.91 Å². The fourth-order valence-electron chi connectivity index (χ4n) is 8.82. The van der Waals surface area contributed by atoms with Crippen molar-refractivity contribution in [3.05, 3.63) is 47.0 Å². The van der Waals surface area contributed by atoms with Crippen molar-refractivity contribution in [2.45, 2.75) is 120 Å². The van der Waals surface area contributed by atoms with Gasteiger partial charge in [-0.05, 0) is 64.5 Å². The van der Waals surface area contributed by atoms with E-state index in [0.29, 0.717) is 72.3 Å². The Morgan fingerprint density at radius 2 is 1.88 bits per heavy atom. The highest BCUT2D eigenvalue weighted by molar-refractivity contribution is 7.91. The number of aromatic nitrogens is 2. The highest BCUT2D eigenvalue weighted by atomic mass is 35.5. The van der Waals surface area contributed by atoms with E-state index in [1.165, 1.54) is 27.2 Å². The minimum absolute atomic E-state index is 0.0316. The molecule has 0 bridgehead atoms. The van der Waals surface area contributed by atoms with E-state index in [9.17, 15) is 27.6 Å². The monoisotopic (exact) mass is 955 g/mol. The minimum Gasteiger partial charge on any atom is -0.491 e. The van der Waals surface area contributed by atoms with Crippen molar-refractivity contribution in [2.24, 2.45) is 5.92 Å². The van der Waals surface area contributed by atoms with Gasteiger partial charge in [-0.25, -0.2) is 23.2 Å². The molecular formula is C45H58ClN7O10S2. The molecule has 5 aliphatic rings. The van der Waals surface area contributed by atoms with Crippen LogP contribution in [0, 0.1) is 5.92 Å². The summed E-state index contributed by atoms with van der Waals surface area (Å²) in [6.45, 7) is 18.9. The van der Waals surface area contributed by atoms with Crippen LogP contribution in [0.25, 0.3) is 21.6 Å². The third-order valence-electron chi connectivity index (χ3n) is 12.7. The van der Waals surface area contributed by atoms with Crippen LogP contribution in [0.2, 0.25) is 5.02 Å². The molecule has 3 saturated heterocycles. The number of hydrogen-bond donors (Lipinski definition) is 2. The number of benzene rings is 1. The van der Waals surface area contributed by atoms with Crippen molar-refractivity contribution in [3.8, 4) is 22.2 Å². The number of halogens is 1. The molecule has 6 atom stereocenters. The van der Waals surface area contributed by atoms with Crippen LogP contribution < -0.4 is 19.5 Å². The van der Waals surface area contributed by atoms with Crippen molar-refractivity contribution < 1.29 is 46.5 Å². The van der Waals surface area contributed by atoms with Crippen LogP contribution in [0.3, 0.4) is 0 Å². The Balaban J connectivity index is 1.15. The van der Waals surface area contributed by atoms with Gasteiger partial charge in [-0.2, -0.15) is 0 Å². The van der Waals surface area contributed by atoms with E-state index in [1.54, 1.807) is 39.8 Å². The van der Waals surface area contributed by atoms with E-state index in [-0.39, 0.29) is 36.7 Å². The molecule has 0 spiro atoms. The molecule has 20 heteroatoms. The maximum atomic E-state index is 14.7. The summed E-state index contributed by atoms with van der Waals surface area (Å²) in [6, 6.07) is 2.34. The summed E-state index contributed by atoms with van der Waals surface area (Å²) in [7, 11) is -3.94. The average molecular weight is 957 g/mol. The lowest BCUT2D eigenvalue weighted by molar-refractivity contribution is -0.151. The second kappa shape index (κ2) is 18.3. The molecule has 0 unspecified atom stereocenters. The molecule has 0 radical (unpaired) electrons. The molecule has 2 N–H and O–H groups in total. The van der Waals surface area contributed by atoms with Crippen LogP contribution in [0.5, 0.6) is 11.5 Å². The number of ether oxygens (including phenoxy) is 4. The van der Waals surface area contributed by atoms with Gasteiger partial charge in [-0.1, -0.05) is 38.4 Å². The number of sulfonamides is 1. The Labute approximate surface area is 388 Å². The molecule has 2 aromatic heterocycles. The number of morpholine rings is 1. The van der Waals surface area contributed by atoms with Crippen molar-refractivity contribution in [1.82, 2.24) is 34.7 Å². The molecule has 8 rings (SSSR count). The van der Waals surface area contributed by atoms with E-state index in [0.717, 1.165) is 18.8 Å². The number of rotatable bonds is 15. The predicted molar refractivity (Wildman–Crippen MR) is 244 cm³/mol. The lowest BCUT2D eigenvalue weighted by Crippen LogP contribution is -2.66. The minimum atomic E-state index is -3.94. The molecule has 352 valence electrons. The van der Waals surface area contributed by atoms with E-state index < -0.39 is 80.4 Å². The highest BCUT2D eigenvalue weighted by Gasteiger charge is 2.63. The third-order valence-corrected chi connectivity index (χ3v) is 15.7. The summed E-state index contributed by atoms with van der Waals surface area (Å²) >= 11 is 8.57. The average Bonchev–Trinajstić information content (AvgIpc) is 4.15. The zero-order chi connectivity index (χ0) is 46.6. The third kappa shape index (κ3) is 9.67. The van der Waals surface area contributed by atoms with Crippen LogP contribution >= 0.6 is 22.9 Å². The standard InChI is InChI=1S/C45H58ClN7O10S2/c1-8-26-22-45(26,42(56)50-65(58,59)27-10-11-27)49-39(54)32-21-36(33-23-52(43(57)63-44(5,6)7)31(9-2)41(55)53(32)33)62-35-20-29(40-48-30(24-64-40)25(3)4)47-38-28(35)12-13-34(37(38)46)61-19-16-51-14-17-60-18-15-51/h8,12-13,20,24-27,31-33,36H,1,9-11,14-19,21-23H2,2-7H3,(H,49,54)(H,50,56)/t26-,31-,32+,33-,36-,45-/m1/s1. The quantitative estimate of drug-likeness (QED) is 0.187. The predicted octanol–water partition coefficient (Wildman–Crippen LogP) is 5.26. The Kier molecular flexibility index (Phi) is 13.2. The highest BCUT2D eigenvalue weighted by Crippen LogP contribution is 2.47. The molecule has 2 aliphatic carbocycles. The van der Waals surface area contributed by atoms with Crippen LogP contribution in [-0.2, 0) is 33.9 Å². The lowest BCUT2D eigenvalue weighted by Gasteiger charge is -2.45. The van der Waals surface area contributed by atoms with Crippen molar-refractivity contribution in [2.75, 3.05) is 46.0 Å². The maximum absolute atomic E-state index is 14.7. The molecule has 5 fully saturated rings. The largest absolute Gasteiger partial charge is 0.491 e.